The van der Waals surface area contributed by atoms with E-state index in [9.17, 15) is 13.6 Å². The molecule has 1 aliphatic rings. The lowest BCUT2D eigenvalue weighted by Gasteiger charge is -2.27. The molecule has 3 nitrogen and oxygen atoms in total. The summed E-state index contributed by atoms with van der Waals surface area (Å²) in [4.78, 5) is 13.6. The summed E-state index contributed by atoms with van der Waals surface area (Å²) in [6.07, 6.45) is 1.96. The van der Waals surface area contributed by atoms with Gasteiger partial charge in [0.05, 0.1) is 10.6 Å². The lowest BCUT2D eigenvalue weighted by atomic mass is 9.97. The van der Waals surface area contributed by atoms with Gasteiger partial charge in [-0.05, 0) is 44.0 Å². The lowest BCUT2D eigenvalue weighted by molar-refractivity contribution is 0.0757. The number of carbonyl (C=O) groups excluding carboxylic acids is 1. The summed E-state index contributed by atoms with van der Waals surface area (Å²) >= 11 is 5.48. The molecule has 0 radical (unpaired) electrons. The molecule has 0 saturated carbocycles. The van der Waals surface area contributed by atoms with Gasteiger partial charge in [0.15, 0.2) is 0 Å². The Balaban J connectivity index is 2.08. The first-order chi connectivity index (χ1) is 9.49. The Hall–Kier alpha value is -1.20. The SMILES string of the molecule is CN(CC1CCNCC1)C(=O)c1cc(F)c(Cl)cc1F. The molecule has 2 rings (SSSR count). The van der Waals surface area contributed by atoms with E-state index >= 15 is 0 Å². The van der Waals surface area contributed by atoms with Crippen molar-refractivity contribution >= 4 is 17.5 Å². The van der Waals surface area contributed by atoms with Crippen LogP contribution in [-0.2, 0) is 0 Å². The van der Waals surface area contributed by atoms with Crippen LogP contribution in [0.3, 0.4) is 0 Å². The van der Waals surface area contributed by atoms with Gasteiger partial charge in [0.25, 0.3) is 5.91 Å². The molecule has 1 aromatic carbocycles. The molecule has 1 saturated heterocycles. The van der Waals surface area contributed by atoms with Crippen LogP contribution in [0, 0.1) is 17.6 Å². The highest BCUT2D eigenvalue weighted by atomic mass is 35.5. The standard InChI is InChI=1S/C14H17ClF2N2O/c1-19(8-9-2-4-18-5-3-9)14(20)10-6-13(17)11(15)7-12(10)16/h6-7,9,18H,2-5,8H2,1H3. The number of nitrogens with zero attached hydrogens (tertiary/aromatic N) is 1. The molecule has 1 aliphatic heterocycles. The van der Waals surface area contributed by atoms with Crippen LogP contribution in [0.15, 0.2) is 12.1 Å². The molecular weight excluding hydrogens is 286 g/mol. The topological polar surface area (TPSA) is 32.3 Å². The van der Waals surface area contributed by atoms with Gasteiger partial charge in [0.1, 0.15) is 11.6 Å². The highest BCUT2D eigenvalue weighted by molar-refractivity contribution is 6.30. The number of benzene rings is 1. The number of hydrogen-bond acceptors (Lipinski definition) is 2. The van der Waals surface area contributed by atoms with Crippen molar-refractivity contribution in [3.8, 4) is 0 Å². The fourth-order valence-corrected chi connectivity index (χ4v) is 2.58. The first kappa shape index (κ1) is 15.2. The predicted molar refractivity (Wildman–Crippen MR) is 73.9 cm³/mol. The average molecular weight is 303 g/mol. The fraction of sp³-hybridized carbons (Fsp3) is 0.500. The molecule has 1 amide bonds. The van der Waals surface area contributed by atoms with Crippen molar-refractivity contribution in [2.45, 2.75) is 12.8 Å². The molecule has 0 unspecified atom stereocenters. The highest BCUT2D eigenvalue weighted by Crippen LogP contribution is 2.21. The number of carbonyl (C=O) groups is 1. The molecule has 0 aliphatic carbocycles. The maximum Gasteiger partial charge on any atom is 0.256 e. The summed E-state index contributed by atoms with van der Waals surface area (Å²) in [5, 5.41) is 2.92. The van der Waals surface area contributed by atoms with E-state index in [1.165, 1.54) is 4.90 Å². The average Bonchev–Trinajstić information content (AvgIpc) is 2.43. The maximum atomic E-state index is 13.7. The number of nitrogens with one attached hydrogen (secondary N) is 1. The fourth-order valence-electron chi connectivity index (χ4n) is 2.43. The zero-order chi connectivity index (χ0) is 14.7. The number of amides is 1. The third-order valence-corrected chi connectivity index (χ3v) is 3.87. The second-order valence-electron chi connectivity index (χ2n) is 5.13. The molecule has 1 N–H and O–H groups in total. The summed E-state index contributed by atoms with van der Waals surface area (Å²) in [5.41, 5.74) is -0.275. The zero-order valence-electron chi connectivity index (χ0n) is 11.3. The quantitative estimate of drug-likeness (QED) is 0.871. The molecule has 1 heterocycles. The molecule has 1 aromatic rings. The van der Waals surface area contributed by atoms with Crippen molar-refractivity contribution in [3.63, 3.8) is 0 Å². The van der Waals surface area contributed by atoms with Crippen LogP contribution < -0.4 is 5.32 Å². The lowest BCUT2D eigenvalue weighted by Crippen LogP contribution is -2.37. The second-order valence-corrected chi connectivity index (χ2v) is 5.53. The summed E-state index contributed by atoms with van der Waals surface area (Å²) in [6.45, 7) is 2.40. The first-order valence-corrected chi connectivity index (χ1v) is 6.97. The monoisotopic (exact) mass is 302 g/mol. The molecular formula is C14H17ClF2N2O. The van der Waals surface area contributed by atoms with Crippen LogP contribution in [0.5, 0.6) is 0 Å². The van der Waals surface area contributed by atoms with Gasteiger partial charge in [-0.1, -0.05) is 11.6 Å². The molecule has 1 fully saturated rings. The first-order valence-electron chi connectivity index (χ1n) is 6.59. The smallest absolute Gasteiger partial charge is 0.256 e. The zero-order valence-corrected chi connectivity index (χ0v) is 12.0. The molecule has 110 valence electrons. The molecule has 20 heavy (non-hydrogen) atoms. The van der Waals surface area contributed by atoms with Gasteiger partial charge < -0.3 is 10.2 Å². The normalized spacial score (nSPS) is 16.2. The van der Waals surface area contributed by atoms with E-state index in [-0.39, 0.29) is 10.6 Å². The maximum absolute atomic E-state index is 13.7. The molecule has 6 heteroatoms. The molecule has 0 spiro atoms. The second kappa shape index (κ2) is 6.50. The third-order valence-electron chi connectivity index (χ3n) is 3.58. The van der Waals surface area contributed by atoms with Gasteiger partial charge in [-0.2, -0.15) is 0 Å². The van der Waals surface area contributed by atoms with Crippen molar-refractivity contribution < 1.29 is 13.6 Å². The van der Waals surface area contributed by atoms with E-state index in [2.05, 4.69) is 5.32 Å². The predicted octanol–water partition coefficient (Wildman–Crippen LogP) is 2.69. The Labute approximate surface area is 121 Å². The van der Waals surface area contributed by atoms with E-state index < -0.39 is 17.5 Å². The number of hydrogen-bond donors (Lipinski definition) is 1. The van der Waals surface area contributed by atoms with E-state index in [0.29, 0.717) is 12.5 Å². The summed E-state index contributed by atoms with van der Waals surface area (Å²) in [5.74, 6) is -1.70. The molecule has 0 aromatic heterocycles. The minimum absolute atomic E-state index is 0.275. The van der Waals surface area contributed by atoms with Crippen molar-refractivity contribution in [1.29, 1.82) is 0 Å². The summed E-state index contributed by atoms with van der Waals surface area (Å²) in [6, 6.07) is 1.70. The molecule has 0 bridgehead atoms. The summed E-state index contributed by atoms with van der Waals surface area (Å²) in [7, 11) is 1.61. The Kier molecular flexibility index (Phi) is 4.94. The van der Waals surface area contributed by atoms with Crippen molar-refractivity contribution in [3.05, 3.63) is 34.4 Å². The van der Waals surface area contributed by atoms with Gasteiger partial charge in [0.2, 0.25) is 0 Å². The van der Waals surface area contributed by atoms with Gasteiger partial charge in [-0.3, -0.25) is 4.79 Å². The van der Waals surface area contributed by atoms with E-state index in [4.69, 9.17) is 11.6 Å². The van der Waals surface area contributed by atoms with Gasteiger partial charge in [-0.15, -0.1) is 0 Å². The van der Waals surface area contributed by atoms with Crippen LogP contribution >= 0.6 is 11.6 Å². The third kappa shape index (κ3) is 3.46. The van der Waals surface area contributed by atoms with Crippen LogP contribution in [0.1, 0.15) is 23.2 Å². The van der Waals surface area contributed by atoms with Crippen molar-refractivity contribution in [1.82, 2.24) is 10.2 Å². The van der Waals surface area contributed by atoms with E-state index in [1.54, 1.807) is 7.05 Å². The largest absolute Gasteiger partial charge is 0.341 e. The van der Waals surface area contributed by atoms with Crippen LogP contribution in [-0.4, -0.2) is 37.5 Å². The Morgan fingerprint density at radius 1 is 1.35 bits per heavy atom. The molecule has 0 atom stereocenters. The minimum Gasteiger partial charge on any atom is -0.341 e. The van der Waals surface area contributed by atoms with Gasteiger partial charge in [0, 0.05) is 13.6 Å². The summed E-state index contributed by atoms with van der Waals surface area (Å²) < 4.78 is 27.1. The van der Waals surface area contributed by atoms with Crippen LogP contribution in [0.2, 0.25) is 5.02 Å². The number of piperidine rings is 1. The van der Waals surface area contributed by atoms with Gasteiger partial charge >= 0.3 is 0 Å². The Morgan fingerprint density at radius 2 is 2.00 bits per heavy atom. The Morgan fingerprint density at radius 3 is 2.65 bits per heavy atom. The van der Waals surface area contributed by atoms with E-state index in [0.717, 1.165) is 38.1 Å². The van der Waals surface area contributed by atoms with Crippen molar-refractivity contribution in [2.75, 3.05) is 26.7 Å². The van der Waals surface area contributed by atoms with Crippen LogP contribution in [0.25, 0.3) is 0 Å². The highest BCUT2D eigenvalue weighted by Gasteiger charge is 2.22. The van der Waals surface area contributed by atoms with Crippen LogP contribution in [0.4, 0.5) is 8.78 Å². The van der Waals surface area contributed by atoms with E-state index in [1.807, 2.05) is 0 Å². The number of rotatable bonds is 3. The minimum atomic E-state index is -0.793. The Bertz CT molecular complexity index is 504. The van der Waals surface area contributed by atoms with Gasteiger partial charge in [-0.25, -0.2) is 8.78 Å². The van der Waals surface area contributed by atoms with Crippen molar-refractivity contribution in [2.24, 2.45) is 5.92 Å². The number of halogens is 3.